The van der Waals surface area contributed by atoms with Crippen LogP contribution >= 0.6 is 15.9 Å². The summed E-state index contributed by atoms with van der Waals surface area (Å²) in [6, 6.07) is 7.23. The lowest BCUT2D eigenvalue weighted by molar-refractivity contribution is -0.140. The van der Waals surface area contributed by atoms with E-state index >= 15 is 0 Å². The lowest BCUT2D eigenvalue weighted by atomic mass is 10.0. The predicted molar refractivity (Wildman–Crippen MR) is 79.1 cm³/mol. The van der Waals surface area contributed by atoms with Gasteiger partial charge in [-0.25, -0.2) is 0 Å². The second-order valence-electron chi connectivity index (χ2n) is 5.15. The highest BCUT2D eigenvalue weighted by molar-refractivity contribution is 9.10. The number of carboxylic acids is 1. The van der Waals surface area contributed by atoms with E-state index < -0.39 is 12.0 Å². The minimum Gasteiger partial charge on any atom is -0.480 e. The Bertz CT molecular complexity index is 428. The molecular formula is C15H20BrNO2. The lowest BCUT2D eigenvalue weighted by Gasteiger charge is -2.23. The van der Waals surface area contributed by atoms with Crippen molar-refractivity contribution in [3.8, 4) is 0 Å². The first-order valence-corrected chi connectivity index (χ1v) is 7.71. The number of carboxylic acid groups (broad SMARTS) is 1. The fraction of sp³-hybridized carbons (Fsp3) is 0.533. The molecule has 19 heavy (non-hydrogen) atoms. The summed E-state index contributed by atoms with van der Waals surface area (Å²) < 4.78 is 0.850. The van der Waals surface area contributed by atoms with Crippen molar-refractivity contribution in [2.75, 3.05) is 0 Å². The molecule has 0 heterocycles. The average molecular weight is 326 g/mol. The molecule has 0 aromatic heterocycles. The summed E-state index contributed by atoms with van der Waals surface area (Å²) in [6.45, 7) is 0. The topological polar surface area (TPSA) is 49.3 Å². The molecule has 1 fully saturated rings. The fourth-order valence-electron chi connectivity index (χ4n) is 2.69. The van der Waals surface area contributed by atoms with Crippen LogP contribution in [0.1, 0.15) is 50.1 Å². The molecule has 1 aromatic carbocycles. The zero-order valence-corrected chi connectivity index (χ0v) is 12.5. The summed E-state index contributed by atoms with van der Waals surface area (Å²) in [5, 5.41) is 12.8. The molecule has 0 aliphatic heterocycles. The Morgan fingerprint density at radius 1 is 1.21 bits per heavy atom. The molecule has 2 N–H and O–H groups in total. The number of hydrogen-bond donors (Lipinski definition) is 2. The third-order valence-corrected chi connectivity index (χ3v) is 4.44. The molecule has 1 atom stereocenters. The Hall–Kier alpha value is -0.870. The number of nitrogens with one attached hydrogen (secondary N) is 1. The van der Waals surface area contributed by atoms with E-state index in [0.717, 1.165) is 22.9 Å². The van der Waals surface area contributed by atoms with E-state index in [1.165, 1.54) is 25.7 Å². The number of benzene rings is 1. The zero-order chi connectivity index (χ0) is 13.7. The molecule has 1 aromatic rings. The summed E-state index contributed by atoms with van der Waals surface area (Å²) >= 11 is 3.44. The molecule has 104 valence electrons. The number of hydrogen-bond acceptors (Lipinski definition) is 2. The van der Waals surface area contributed by atoms with Crippen molar-refractivity contribution in [2.45, 2.75) is 50.6 Å². The van der Waals surface area contributed by atoms with Crippen molar-refractivity contribution >= 4 is 21.9 Å². The average Bonchev–Trinajstić information content (AvgIpc) is 2.65. The molecule has 0 radical (unpaired) electrons. The second-order valence-corrected chi connectivity index (χ2v) is 6.00. The second kappa shape index (κ2) is 7.06. The normalized spacial score (nSPS) is 18.8. The Kier molecular flexibility index (Phi) is 5.40. The van der Waals surface area contributed by atoms with Gasteiger partial charge in [0.05, 0.1) is 0 Å². The maximum Gasteiger partial charge on any atom is 0.325 e. The smallest absolute Gasteiger partial charge is 0.325 e. The van der Waals surface area contributed by atoms with Crippen molar-refractivity contribution in [2.24, 2.45) is 0 Å². The van der Waals surface area contributed by atoms with Crippen LogP contribution in [0.4, 0.5) is 0 Å². The van der Waals surface area contributed by atoms with E-state index in [1.807, 2.05) is 24.3 Å². The molecule has 1 aliphatic carbocycles. The first-order valence-electron chi connectivity index (χ1n) is 6.92. The monoisotopic (exact) mass is 325 g/mol. The molecule has 2 rings (SSSR count). The summed E-state index contributed by atoms with van der Waals surface area (Å²) in [5.74, 6) is -0.809. The quantitative estimate of drug-likeness (QED) is 0.826. The molecule has 1 unspecified atom stereocenters. The highest BCUT2D eigenvalue weighted by Gasteiger charge is 2.25. The third-order valence-electron chi connectivity index (χ3n) is 3.72. The minimum atomic E-state index is -0.809. The summed E-state index contributed by atoms with van der Waals surface area (Å²) in [5.41, 5.74) is 0.805. The highest BCUT2D eigenvalue weighted by Crippen LogP contribution is 2.26. The summed E-state index contributed by atoms with van der Waals surface area (Å²) in [7, 11) is 0. The molecule has 4 heteroatoms. The molecule has 0 bridgehead atoms. The first kappa shape index (κ1) is 14.5. The van der Waals surface area contributed by atoms with Gasteiger partial charge in [0.15, 0.2) is 0 Å². The van der Waals surface area contributed by atoms with Crippen LogP contribution < -0.4 is 5.32 Å². The van der Waals surface area contributed by atoms with Gasteiger partial charge in [0.2, 0.25) is 0 Å². The number of halogens is 1. The van der Waals surface area contributed by atoms with E-state index in [2.05, 4.69) is 21.2 Å². The molecule has 0 amide bonds. The van der Waals surface area contributed by atoms with Gasteiger partial charge >= 0.3 is 5.97 Å². The standard InChI is InChI=1S/C15H20BrNO2/c16-13-10-6-5-9-12(13)14(15(18)19)17-11-7-3-1-2-4-8-11/h5-6,9-11,14,17H,1-4,7-8H2,(H,18,19). The Morgan fingerprint density at radius 3 is 2.42 bits per heavy atom. The van der Waals surface area contributed by atoms with Crippen molar-refractivity contribution in [1.29, 1.82) is 0 Å². The molecule has 3 nitrogen and oxygen atoms in total. The lowest BCUT2D eigenvalue weighted by Crippen LogP contribution is -2.37. The van der Waals surface area contributed by atoms with Crippen molar-refractivity contribution in [3.05, 3.63) is 34.3 Å². The maximum absolute atomic E-state index is 11.5. The number of rotatable bonds is 4. The van der Waals surface area contributed by atoms with Crippen LogP contribution in [-0.2, 0) is 4.79 Å². The van der Waals surface area contributed by atoms with Crippen molar-refractivity contribution in [3.63, 3.8) is 0 Å². The van der Waals surface area contributed by atoms with Crippen LogP contribution in [0.15, 0.2) is 28.7 Å². The third kappa shape index (κ3) is 4.05. The molecule has 1 saturated carbocycles. The maximum atomic E-state index is 11.5. The van der Waals surface area contributed by atoms with E-state index in [1.54, 1.807) is 0 Å². The van der Waals surface area contributed by atoms with Gasteiger partial charge in [0.1, 0.15) is 6.04 Å². The van der Waals surface area contributed by atoms with E-state index in [-0.39, 0.29) is 0 Å². The number of carbonyl (C=O) groups is 1. The van der Waals surface area contributed by atoms with E-state index in [0.29, 0.717) is 6.04 Å². The fourth-order valence-corrected chi connectivity index (χ4v) is 3.20. The van der Waals surface area contributed by atoms with Gasteiger partial charge in [-0.3, -0.25) is 10.1 Å². The molecule has 1 aliphatic rings. The predicted octanol–water partition coefficient (Wildman–Crippen LogP) is 3.89. The highest BCUT2D eigenvalue weighted by atomic mass is 79.9. The first-order chi connectivity index (χ1) is 9.18. The summed E-state index contributed by atoms with van der Waals surface area (Å²) in [4.78, 5) is 11.5. The Labute approximate surface area is 122 Å². The Morgan fingerprint density at radius 2 is 1.84 bits per heavy atom. The van der Waals surface area contributed by atoms with Gasteiger partial charge in [-0.15, -0.1) is 0 Å². The van der Waals surface area contributed by atoms with Crippen LogP contribution in [0.25, 0.3) is 0 Å². The van der Waals surface area contributed by atoms with Crippen molar-refractivity contribution in [1.82, 2.24) is 5.32 Å². The van der Waals surface area contributed by atoms with Crippen LogP contribution in [0, 0.1) is 0 Å². The van der Waals surface area contributed by atoms with E-state index in [9.17, 15) is 9.90 Å². The summed E-state index contributed by atoms with van der Waals surface area (Å²) in [6.07, 6.45) is 7.08. The van der Waals surface area contributed by atoms with Gasteiger partial charge in [0.25, 0.3) is 0 Å². The van der Waals surface area contributed by atoms with Gasteiger partial charge < -0.3 is 5.11 Å². The van der Waals surface area contributed by atoms with E-state index in [4.69, 9.17) is 0 Å². The van der Waals surface area contributed by atoms with Crippen molar-refractivity contribution < 1.29 is 9.90 Å². The minimum absolute atomic E-state index is 0.315. The van der Waals surface area contributed by atoms with Crippen LogP contribution in [0.3, 0.4) is 0 Å². The van der Waals surface area contributed by atoms with Gasteiger partial charge in [-0.05, 0) is 24.5 Å². The number of aliphatic carboxylic acids is 1. The zero-order valence-electron chi connectivity index (χ0n) is 10.9. The SMILES string of the molecule is O=C(O)C(NC1CCCCCC1)c1ccccc1Br. The molecular weight excluding hydrogens is 306 g/mol. The molecule has 0 saturated heterocycles. The van der Waals surface area contributed by atoms with Crippen LogP contribution in [0.2, 0.25) is 0 Å². The van der Waals surface area contributed by atoms with Gasteiger partial charge in [-0.1, -0.05) is 59.8 Å². The van der Waals surface area contributed by atoms with Gasteiger partial charge in [-0.2, -0.15) is 0 Å². The van der Waals surface area contributed by atoms with Gasteiger partial charge in [0, 0.05) is 10.5 Å². The van der Waals surface area contributed by atoms with Crippen LogP contribution in [-0.4, -0.2) is 17.1 Å². The Balaban J connectivity index is 2.12. The largest absolute Gasteiger partial charge is 0.480 e. The van der Waals surface area contributed by atoms with Crippen LogP contribution in [0.5, 0.6) is 0 Å². The molecule has 0 spiro atoms.